The van der Waals surface area contributed by atoms with E-state index >= 15 is 0 Å². The van der Waals surface area contributed by atoms with E-state index in [1.54, 1.807) is 23.0 Å². The van der Waals surface area contributed by atoms with E-state index in [0.29, 0.717) is 11.5 Å². The Morgan fingerprint density at radius 2 is 2.43 bits per heavy atom. The largest absolute Gasteiger partial charge is 0.469 e. The van der Waals surface area contributed by atoms with E-state index in [9.17, 15) is 4.79 Å². The number of fused-ring (bicyclic) bond motifs is 1. The fourth-order valence-corrected chi connectivity index (χ4v) is 1.11. The number of esters is 1. The standard InChI is InChI=1S/C8H8N4O2/c1-14-8(13)4-7-11-10-6-2-3-9-5-12(6)7/h2-3,5H,4H2,1H3. The fourth-order valence-electron chi connectivity index (χ4n) is 1.11. The number of nitrogens with zero attached hydrogens (tertiary/aromatic N) is 4. The predicted molar refractivity (Wildman–Crippen MR) is 46.5 cm³/mol. The van der Waals surface area contributed by atoms with Gasteiger partial charge in [0.05, 0.1) is 7.11 Å². The minimum atomic E-state index is -0.344. The zero-order chi connectivity index (χ0) is 9.97. The number of rotatable bonds is 2. The lowest BCUT2D eigenvalue weighted by Gasteiger charge is -1.96. The fraction of sp³-hybridized carbons (Fsp3) is 0.250. The molecule has 0 saturated heterocycles. The van der Waals surface area contributed by atoms with Crippen molar-refractivity contribution in [3.63, 3.8) is 0 Å². The molecule has 0 radical (unpaired) electrons. The van der Waals surface area contributed by atoms with Crippen LogP contribution in [0.4, 0.5) is 0 Å². The van der Waals surface area contributed by atoms with Gasteiger partial charge in [-0.2, -0.15) is 0 Å². The molecule has 6 nitrogen and oxygen atoms in total. The molecule has 0 amide bonds. The van der Waals surface area contributed by atoms with E-state index in [0.717, 1.165) is 0 Å². The maximum absolute atomic E-state index is 11.0. The molecular weight excluding hydrogens is 184 g/mol. The Balaban J connectivity index is 2.38. The Morgan fingerprint density at radius 3 is 3.21 bits per heavy atom. The molecule has 2 aromatic heterocycles. The Morgan fingerprint density at radius 1 is 1.57 bits per heavy atom. The van der Waals surface area contributed by atoms with Crippen LogP contribution in [-0.4, -0.2) is 32.7 Å². The Hall–Kier alpha value is -1.98. The average molecular weight is 192 g/mol. The SMILES string of the molecule is COC(=O)Cc1nnc2ccncn12. The zero-order valence-electron chi connectivity index (χ0n) is 7.54. The van der Waals surface area contributed by atoms with Gasteiger partial charge >= 0.3 is 5.97 Å². The van der Waals surface area contributed by atoms with Gasteiger partial charge in [0.2, 0.25) is 0 Å². The minimum absolute atomic E-state index is 0.101. The average Bonchev–Trinajstić information content (AvgIpc) is 2.62. The topological polar surface area (TPSA) is 69.4 Å². The van der Waals surface area contributed by atoms with Gasteiger partial charge in [-0.05, 0) is 0 Å². The molecule has 2 rings (SSSR count). The van der Waals surface area contributed by atoms with Crippen LogP contribution in [0.1, 0.15) is 5.82 Å². The maximum Gasteiger partial charge on any atom is 0.313 e. The summed E-state index contributed by atoms with van der Waals surface area (Å²) in [7, 11) is 1.34. The van der Waals surface area contributed by atoms with Crippen molar-refractivity contribution in [3.8, 4) is 0 Å². The lowest BCUT2D eigenvalue weighted by atomic mass is 10.4. The number of hydrogen-bond acceptors (Lipinski definition) is 5. The third-order valence-electron chi connectivity index (χ3n) is 1.81. The third kappa shape index (κ3) is 1.41. The summed E-state index contributed by atoms with van der Waals surface area (Å²) in [5.41, 5.74) is 0.666. The number of aromatic nitrogens is 4. The van der Waals surface area contributed by atoms with Crippen molar-refractivity contribution >= 4 is 11.6 Å². The van der Waals surface area contributed by atoms with Crippen LogP contribution in [-0.2, 0) is 16.0 Å². The summed E-state index contributed by atoms with van der Waals surface area (Å²) in [5.74, 6) is 0.183. The summed E-state index contributed by atoms with van der Waals surface area (Å²) in [4.78, 5) is 14.9. The third-order valence-corrected chi connectivity index (χ3v) is 1.81. The van der Waals surface area contributed by atoms with Gasteiger partial charge in [-0.3, -0.25) is 9.20 Å². The first-order chi connectivity index (χ1) is 6.81. The molecule has 0 N–H and O–H groups in total. The first-order valence-electron chi connectivity index (χ1n) is 4.01. The summed E-state index contributed by atoms with van der Waals surface area (Å²) in [5, 5.41) is 7.73. The van der Waals surface area contributed by atoms with Crippen molar-refractivity contribution in [3.05, 3.63) is 24.4 Å². The van der Waals surface area contributed by atoms with Crippen LogP contribution in [0.25, 0.3) is 5.65 Å². The van der Waals surface area contributed by atoms with Crippen molar-refractivity contribution in [2.45, 2.75) is 6.42 Å². The predicted octanol–water partition coefficient (Wildman–Crippen LogP) is -0.160. The lowest BCUT2D eigenvalue weighted by molar-refractivity contribution is -0.139. The molecule has 2 heterocycles. The molecule has 72 valence electrons. The quantitative estimate of drug-likeness (QED) is 0.618. The number of methoxy groups -OCH3 is 1. The Kier molecular flexibility index (Phi) is 2.10. The van der Waals surface area contributed by atoms with Crippen LogP contribution in [0.3, 0.4) is 0 Å². The Bertz CT molecular complexity index is 465. The first-order valence-corrected chi connectivity index (χ1v) is 4.01. The molecule has 14 heavy (non-hydrogen) atoms. The van der Waals surface area contributed by atoms with Crippen molar-refractivity contribution < 1.29 is 9.53 Å². The highest BCUT2D eigenvalue weighted by Crippen LogP contribution is 2.02. The number of ether oxygens (including phenoxy) is 1. The Labute approximate surface area is 79.5 Å². The van der Waals surface area contributed by atoms with Gasteiger partial charge < -0.3 is 4.74 Å². The van der Waals surface area contributed by atoms with Gasteiger partial charge in [0.1, 0.15) is 18.6 Å². The van der Waals surface area contributed by atoms with Crippen molar-refractivity contribution in [1.82, 2.24) is 19.6 Å². The molecule has 0 spiro atoms. The number of carbonyl (C=O) groups excluding carboxylic acids is 1. The van der Waals surface area contributed by atoms with Gasteiger partial charge in [0, 0.05) is 12.3 Å². The van der Waals surface area contributed by atoms with Crippen LogP contribution in [0.5, 0.6) is 0 Å². The monoisotopic (exact) mass is 192 g/mol. The zero-order valence-corrected chi connectivity index (χ0v) is 7.54. The van der Waals surface area contributed by atoms with Gasteiger partial charge in [0.25, 0.3) is 0 Å². The van der Waals surface area contributed by atoms with Crippen LogP contribution in [0.15, 0.2) is 18.6 Å². The summed E-state index contributed by atoms with van der Waals surface area (Å²) < 4.78 is 6.18. The highest BCUT2D eigenvalue weighted by atomic mass is 16.5. The van der Waals surface area contributed by atoms with Gasteiger partial charge in [-0.25, -0.2) is 4.98 Å². The van der Waals surface area contributed by atoms with E-state index in [-0.39, 0.29) is 12.4 Å². The molecule has 0 saturated carbocycles. The normalized spacial score (nSPS) is 10.4. The summed E-state index contributed by atoms with van der Waals surface area (Å²) in [6, 6.07) is 1.72. The molecule has 2 aromatic rings. The van der Waals surface area contributed by atoms with Gasteiger partial charge in [-0.1, -0.05) is 0 Å². The van der Waals surface area contributed by atoms with Gasteiger partial charge in [0.15, 0.2) is 5.65 Å². The van der Waals surface area contributed by atoms with E-state index in [4.69, 9.17) is 0 Å². The van der Waals surface area contributed by atoms with Crippen molar-refractivity contribution in [2.24, 2.45) is 0 Å². The van der Waals surface area contributed by atoms with Crippen LogP contribution in [0, 0.1) is 0 Å². The van der Waals surface area contributed by atoms with Crippen molar-refractivity contribution in [2.75, 3.05) is 7.11 Å². The van der Waals surface area contributed by atoms with E-state index in [2.05, 4.69) is 19.9 Å². The minimum Gasteiger partial charge on any atom is -0.469 e. The number of carbonyl (C=O) groups is 1. The maximum atomic E-state index is 11.0. The smallest absolute Gasteiger partial charge is 0.313 e. The molecule has 0 aliphatic heterocycles. The molecule has 0 fully saturated rings. The molecule has 0 bridgehead atoms. The van der Waals surface area contributed by atoms with Gasteiger partial charge in [-0.15, -0.1) is 10.2 Å². The summed E-state index contributed by atoms with van der Waals surface area (Å²) in [6.45, 7) is 0. The second kappa shape index (κ2) is 3.41. The van der Waals surface area contributed by atoms with E-state index in [1.165, 1.54) is 7.11 Å². The van der Waals surface area contributed by atoms with Crippen LogP contribution < -0.4 is 0 Å². The van der Waals surface area contributed by atoms with E-state index < -0.39 is 0 Å². The molecule has 0 aromatic carbocycles. The summed E-state index contributed by atoms with van der Waals surface area (Å²) >= 11 is 0. The lowest BCUT2D eigenvalue weighted by Crippen LogP contribution is -2.07. The highest BCUT2D eigenvalue weighted by Gasteiger charge is 2.09. The highest BCUT2D eigenvalue weighted by molar-refractivity contribution is 5.71. The van der Waals surface area contributed by atoms with Crippen molar-refractivity contribution in [1.29, 1.82) is 0 Å². The van der Waals surface area contributed by atoms with Crippen LogP contribution in [0.2, 0.25) is 0 Å². The second-order valence-corrected chi connectivity index (χ2v) is 2.68. The summed E-state index contributed by atoms with van der Waals surface area (Å²) in [6.07, 6.45) is 3.28. The number of hydrogen-bond donors (Lipinski definition) is 0. The molecule has 6 heteroatoms. The molecule has 0 atom stereocenters. The molecular formula is C8H8N4O2. The first kappa shape index (κ1) is 8.61. The molecule has 0 aliphatic carbocycles. The van der Waals surface area contributed by atoms with E-state index in [1.807, 2.05) is 0 Å². The molecule has 0 unspecified atom stereocenters. The molecule has 0 aliphatic rings. The second-order valence-electron chi connectivity index (χ2n) is 2.68. The van der Waals surface area contributed by atoms with Crippen LogP contribution >= 0.6 is 0 Å².